The summed E-state index contributed by atoms with van der Waals surface area (Å²) in [5, 5.41) is 3.27. The Hall–Kier alpha value is -0.130. The first-order chi connectivity index (χ1) is 7.27. The van der Waals surface area contributed by atoms with Gasteiger partial charge in [-0.15, -0.1) is 0 Å². The SMILES string of the molecule is CNC(C)C(C)(C)CN1CCS(=O)(=O)CC1. The van der Waals surface area contributed by atoms with Crippen molar-refractivity contribution in [3.63, 3.8) is 0 Å². The Balaban J connectivity index is 2.50. The molecule has 1 aliphatic rings. The van der Waals surface area contributed by atoms with Crippen molar-refractivity contribution in [2.45, 2.75) is 26.8 Å². The second-order valence-electron chi connectivity index (χ2n) is 5.43. The van der Waals surface area contributed by atoms with Gasteiger partial charge in [-0.05, 0) is 19.4 Å². The van der Waals surface area contributed by atoms with Gasteiger partial charge in [0.2, 0.25) is 0 Å². The van der Waals surface area contributed by atoms with E-state index in [9.17, 15) is 8.42 Å². The predicted octanol–water partition coefficient (Wildman–Crippen LogP) is 0.351. The second-order valence-corrected chi connectivity index (χ2v) is 7.73. The van der Waals surface area contributed by atoms with Crippen LogP contribution in [-0.2, 0) is 9.84 Å². The number of nitrogens with one attached hydrogen (secondary N) is 1. The number of hydrogen-bond acceptors (Lipinski definition) is 4. The van der Waals surface area contributed by atoms with Crippen molar-refractivity contribution in [3.8, 4) is 0 Å². The van der Waals surface area contributed by atoms with Crippen LogP contribution in [0.1, 0.15) is 20.8 Å². The first-order valence-corrected chi connectivity index (χ1v) is 7.69. The smallest absolute Gasteiger partial charge is 0.152 e. The van der Waals surface area contributed by atoms with Crippen LogP contribution >= 0.6 is 0 Å². The molecule has 0 bridgehead atoms. The largest absolute Gasteiger partial charge is 0.317 e. The lowest BCUT2D eigenvalue weighted by Crippen LogP contribution is -2.49. The topological polar surface area (TPSA) is 49.4 Å². The van der Waals surface area contributed by atoms with E-state index in [4.69, 9.17) is 0 Å². The van der Waals surface area contributed by atoms with Gasteiger partial charge in [0.1, 0.15) is 0 Å². The Morgan fingerprint density at radius 3 is 2.25 bits per heavy atom. The zero-order valence-corrected chi connectivity index (χ0v) is 11.6. The summed E-state index contributed by atoms with van der Waals surface area (Å²) in [7, 11) is -0.789. The molecule has 1 N–H and O–H groups in total. The van der Waals surface area contributed by atoms with E-state index in [0.29, 0.717) is 30.6 Å². The van der Waals surface area contributed by atoms with Crippen molar-refractivity contribution < 1.29 is 8.42 Å². The highest BCUT2D eigenvalue weighted by Gasteiger charge is 2.30. The highest BCUT2D eigenvalue weighted by atomic mass is 32.2. The zero-order valence-electron chi connectivity index (χ0n) is 10.8. The van der Waals surface area contributed by atoms with Crippen molar-refractivity contribution in [1.82, 2.24) is 10.2 Å². The summed E-state index contributed by atoms with van der Waals surface area (Å²) in [6.45, 7) is 8.92. The third kappa shape index (κ3) is 3.71. The van der Waals surface area contributed by atoms with E-state index < -0.39 is 9.84 Å². The van der Waals surface area contributed by atoms with E-state index in [1.165, 1.54) is 0 Å². The van der Waals surface area contributed by atoms with Crippen LogP contribution in [0.4, 0.5) is 0 Å². The van der Waals surface area contributed by atoms with E-state index >= 15 is 0 Å². The van der Waals surface area contributed by atoms with Gasteiger partial charge in [-0.2, -0.15) is 0 Å². The highest BCUT2D eigenvalue weighted by Crippen LogP contribution is 2.22. The van der Waals surface area contributed by atoms with Crippen molar-refractivity contribution in [2.75, 3.05) is 38.2 Å². The van der Waals surface area contributed by atoms with Gasteiger partial charge in [0.15, 0.2) is 9.84 Å². The minimum absolute atomic E-state index is 0.163. The average Bonchev–Trinajstić information content (AvgIpc) is 2.20. The molecule has 5 heteroatoms. The van der Waals surface area contributed by atoms with Gasteiger partial charge in [0.05, 0.1) is 11.5 Å². The van der Waals surface area contributed by atoms with Gasteiger partial charge in [-0.3, -0.25) is 0 Å². The van der Waals surface area contributed by atoms with Crippen LogP contribution in [0.3, 0.4) is 0 Å². The molecule has 0 aromatic heterocycles. The molecule has 0 aromatic rings. The predicted molar refractivity (Wildman–Crippen MR) is 67.4 cm³/mol. The summed E-state index contributed by atoms with van der Waals surface area (Å²) in [6.07, 6.45) is 0. The van der Waals surface area contributed by atoms with Crippen LogP contribution in [0.25, 0.3) is 0 Å². The van der Waals surface area contributed by atoms with Gasteiger partial charge >= 0.3 is 0 Å². The monoisotopic (exact) mass is 248 g/mol. The summed E-state index contributed by atoms with van der Waals surface area (Å²) in [6, 6.07) is 0.422. The fourth-order valence-corrected chi connectivity index (χ4v) is 3.29. The number of hydrogen-bond donors (Lipinski definition) is 1. The molecule has 0 spiro atoms. The summed E-state index contributed by atoms with van der Waals surface area (Å²) in [5.74, 6) is 0.633. The minimum Gasteiger partial charge on any atom is -0.317 e. The van der Waals surface area contributed by atoms with Gasteiger partial charge in [0.25, 0.3) is 0 Å². The normalized spacial score (nSPS) is 24.2. The maximum atomic E-state index is 11.3. The quantitative estimate of drug-likeness (QED) is 0.780. The molecule has 0 radical (unpaired) electrons. The Labute approximate surface area is 99.3 Å². The Morgan fingerprint density at radius 1 is 1.31 bits per heavy atom. The molecule has 0 saturated carbocycles. The third-order valence-corrected chi connectivity index (χ3v) is 5.28. The highest BCUT2D eigenvalue weighted by molar-refractivity contribution is 7.91. The van der Waals surface area contributed by atoms with E-state index in [2.05, 4.69) is 31.0 Å². The molecule has 16 heavy (non-hydrogen) atoms. The Bertz CT molecular complexity index is 311. The first-order valence-electron chi connectivity index (χ1n) is 5.87. The minimum atomic E-state index is -2.75. The third-order valence-electron chi connectivity index (χ3n) is 3.67. The molecule has 0 aromatic carbocycles. The molecule has 0 amide bonds. The maximum Gasteiger partial charge on any atom is 0.152 e. The maximum absolute atomic E-state index is 11.3. The van der Waals surface area contributed by atoms with Crippen LogP contribution in [0.15, 0.2) is 0 Å². The molecule has 1 rings (SSSR count). The molecule has 1 aliphatic heterocycles. The zero-order chi connectivity index (χ0) is 12.4. The van der Waals surface area contributed by atoms with Crippen molar-refractivity contribution in [2.24, 2.45) is 5.41 Å². The average molecular weight is 248 g/mol. The van der Waals surface area contributed by atoms with Gasteiger partial charge in [-0.25, -0.2) is 8.42 Å². The Kier molecular flexibility index (Phi) is 4.37. The van der Waals surface area contributed by atoms with Crippen LogP contribution in [-0.4, -0.2) is 57.5 Å². The molecule has 1 atom stereocenters. The van der Waals surface area contributed by atoms with Crippen molar-refractivity contribution in [1.29, 1.82) is 0 Å². The lowest BCUT2D eigenvalue weighted by Gasteiger charge is -2.38. The molecule has 1 heterocycles. The summed E-state index contributed by atoms with van der Waals surface area (Å²) < 4.78 is 22.6. The van der Waals surface area contributed by atoms with Crippen LogP contribution in [0.5, 0.6) is 0 Å². The van der Waals surface area contributed by atoms with Crippen LogP contribution < -0.4 is 5.32 Å². The summed E-state index contributed by atoms with van der Waals surface area (Å²) >= 11 is 0. The van der Waals surface area contributed by atoms with Crippen molar-refractivity contribution >= 4 is 9.84 Å². The van der Waals surface area contributed by atoms with Gasteiger partial charge in [-0.1, -0.05) is 13.8 Å². The van der Waals surface area contributed by atoms with Gasteiger partial charge < -0.3 is 10.2 Å². The molecule has 0 aliphatic carbocycles. The second kappa shape index (κ2) is 5.02. The first kappa shape index (κ1) is 13.9. The number of rotatable bonds is 4. The standard InChI is InChI=1S/C11H24N2O2S/c1-10(12-4)11(2,3)9-13-5-7-16(14,15)8-6-13/h10,12H,5-9H2,1-4H3. The fraction of sp³-hybridized carbons (Fsp3) is 1.00. The van der Waals surface area contributed by atoms with Crippen LogP contribution in [0, 0.1) is 5.41 Å². The number of sulfone groups is 1. The van der Waals surface area contributed by atoms with E-state index in [0.717, 1.165) is 6.54 Å². The number of nitrogens with zero attached hydrogens (tertiary/aromatic N) is 1. The lowest BCUT2D eigenvalue weighted by atomic mass is 9.85. The summed E-state index contributed by atoms with van der Waals surface area (Å²) in [4.78, 5) is 2.26. The molecule has 1 fully saturated rings. The van der Waals surface area contributed by atoms with E-state index in [1.54, 1.807) is 0 Å². The molecule has 1 unspecified atom stereocenters. The van der Waals surface area contributed by atoms with Crippen molar-refractivity contribution in [3.05, 3.63) is 0 Å². The van der Waals surface area contributed by atoms with E-state index in [-0.39, 0.29) is 5.41 Å². The van der Waals surface area contributed by atoms with Gasteiger partial charge in [0, 0.05) is 25.7 Å². The molecule has 1 saturated heterocycles. The molecule has 96 valence electrons. The van der Waals surface area contributed by atoms with E-state index in [1.807, 2.05) is 7.05 Å². The van der Waals surface area contributed by atoms with Crippen LogP contribution in [0.2, 0.25) is 0 Å². The molecular weight excluding hydrogens is 224 g/mol. The molecular formula is C11H24N2O2S. The fourth-order valence-electron chi connectivity index (χ4n) is 2.01. The molecule has 4 nitrogen and oxygen atoms in total. The lowest BCUT2D eigenvalue weighted by molar-refractivity contribution is 0.154. The summed E-state index contributed by atoms with van der Waals surface area (Å²) in [5.41, 5.74) is 0.163. The Morgan fingerprint density at radius 2 is 1.81 bits per heavy atom.